The molecule has 0 amide bonds. The van der Waals surface area contributed by atoms with Crippen molar-refractivity contribution in [2.45, 2.75) is 43.9 Å². The van der Waals surface area contributed by atoms with Crippen LogP contribution in [0.25, 0.3) is 0 Å². The molecule has 0 radical (unpaired) electrons. The summed E-state index contributed by atoms with van der Waals surface area (Å²) in [5.74, 6) is 0.181. The molecular formula is C15H18BrNO2. The van der Waals surface area contributed by atoms with Crippen molar-refractivity contribution >= 4 is 21.7 Å². The highest BCUT2D eigenvalue weighted by atomic mass is 79.9. The van der Waals surface area contributed by atoms with E-state index in [1.54, 1.807) is 0 Å². The number of hydrogen-bond acceptors (Lipinski definition) is 3. The van der Waals surface area contributed by atoms with Crippen molar-refractivity contribution in [2.24, 2.45) is 0 Å². The quantitative estimate of drug-likeness (QED) is 0.869. The molecule has 0 aromatic heterocycles. The second-order valence-electron chi connectivity index (χ2n) is 5.61. The van der Waals surface area contributed by atoms with Gasteiger partial charge in [0.15, 0.2) is 5.78 Å². The Hall–Kier alpha value is -0.710. The molecule has 2 unspecified atom stereocenters. The normalized spacial score (nSPS) is 30.5. The van der Waals surface area contributed by atoms with Crippen molar-refractivity contribution in [2.75, 3.05) is 6.54 Å². The Labute approximate surface area is 121 Å². The summed E-state index contributed by atoms with van der Waals surface area (Å²) < 4.78 is 0.991. The number of fused-ring (bicyclic) bond motifs is 2. The monoisotopic (exact) mass is 323 g/mol. The number of rotatable bonds is 3. The molecule has 2 atom stereocenters. The van der Waals surface area contributed by atoms with Crippen LogP contribution < -0.4 is 0 Å². The fraction of sp³-hybridized carbons (Fsp3) is 0.533. The first-order chi connectivity index (χ1) is 9.13. The molecule has 1 aromatic rings. The van der Waals surface area contributed by atoms with E-state index in [0.717, 1.165) is 35.7 Å². The van der Waals surface area contributed by atoms with Gasteiger partial charge in [-0.1, -0.05) is 28.1 Å². The number of carbonyl (C=O) groups excluding carboxylic acids is 1. The van der Waals surface area contributed by atoms with E-state index < -0.39 is 0 Å². The Morgan fingerprint density at radius 2 is 1.79 bits per heavy atom. The first-order valence-corrected chi connectivity index (χ1v) is 7.65. The number of nitrogens with zero attached hydrogens (tertiary/aromatic N) is 1. The molecule has 2 aliphatic heterocycles. The van der Waals surface area contributed by atoms with Crippen LogP contribution in [0.2, 0.25) is 0 Å². The Kier molecular flexibility index (Phi) is 3.74. The molecule has 4 heteroatoms. The Morgan fingerprint density at radius 1 is 1.21 bits per heavy atom. The molecule has 0 saturated carbocycles. The maximum absolute atomic E-state index is 12.3. The van der Waals surface area contributed by atoms with Crippen molar-refractivity contribution in [3.63, 3.8) is 0 Å². The molecular weight excluding hydrogens is 306 g/mol. The van der Waals surface area contributed by atoms with Gasteiger partial charge in [0.25, 0.3) is 0 Å². The number of Topliss-reactive ketones (excluding diaryl/α,β-unsaturated/α-hetero) is 1. The highest BCUT2D eigenvalue weighted by Gasteiger charge is 2.40. The highest BCUT2D eigenvalue weighted by molar-refractivity contribution is 9.10. The molecule has 0 spiro atoms. The van der Waals surface area contributed by atoms with E-state index in [4.69, 9.17) is 0 Å². The lowest BCUT2D eigenvalue weighted by Gasteiger charge is -2.36. The molecule has 3 rings (SSSR count). The van der Waals surface area contributed by atoms with Gasteiger partial charge in [-0.2, -0.15) is 0 Å². The van der Waals surface area contributed by atoms with Crippen LogP contribution in [0.1, 0.15) is 36.0 Å². The first kappa shape index (κ1) is 13.3. The van der Waals surface area contributed by atoms with E-state index in [9.17, 15) is 9.90 Å². The summed E-state index contributed by atoms with van der Waals surface area (Å²) in [7, 11) is 0. The van der Waals surface area contributed by atoms with Gasteiger partial charge >= 0.3 is 0 Å². The summed E-state index contributed by atoms with van der Waals surface area (Å²) in [6.45, 7) is 0.490. The number of halogens is 1. The molecule has 2 fully saturated rings. The zero-order valence-electron chi connectivity index (χ0n) is 10.8. The summed E-state index contributed by atoms with van der Waals surface area (Å²) in [6, 6.07) is 8.34. The van der Waals surface area contributed by atoms with Gasteiger partial charge in [-0.15, -0.1) is 0 Å². The van der Waals surface area contributed by atoms with Crippen molar-refractivity contribution in [1.29, 1.82) is 0 Å². The van der Waals surface area contributed by atoms with E-state index >= 15 is 0 Å². The molecule has 19 heavy (non-hydrogen) atoms. The van der Waals surface area contributed by atoms with Gasteiger partial charge in [0.1, 0.15) is 0 Å². The summed E-state index contributed by atoms with van der Waals surface area (Å²) in [5, 5.41) is 9.77. The highest BCUT2D eigenvalue weighted by Crippen LogP contribution is 2.35. The molecule has 102 valence electrons. The number of benzene rings is 1. The van der Waals surface area contributed by atoms with Gasteiger partial charge in [-0.25, -0.2) is 0 Å². The minimum absolute atomic E-state index is 0.170. The largest absolute Gasteiger partial charge is 0.393 e. The lowest BCUT2D eigenvalue weighted by Crippen LogP contribution is -2.46. The second kappa shape index (κ2) is 5.35. The van der Waals surface area contributed by atoms with Gasteiger partial charge < -0.3 is 5.11 Å². The lowest BCUT2D eigenvalue weighted by atomic mass is 9.99. The standard InChI is InChI=1S/C15H18BrNO2/c16-11-3-1-10(2-4-11)15(19)9-17-12-5-6-13(17)8-14(18)7-12/h1-4,12-14,18H,5-9H2. The van der Waals surface area contributed by atoms with Crippen molar-refractivity contribution in [1.82, 2.24) is 4.90 Å². The minimum atomic E-state index is -0.170. The van der Waals surface area contributed by atoms with Crippen LogP contribution in [0.5, 0.6) is 0 Å². The van der Waals surface area contributed by atoms with Crippen LogP contribution in [0, 0.1) is 0 Å². The van der Waals surface area contributed by atoms with Crippen molar-refractivity contribution < 1.29 is 9.90 Å². The molecule has 1 N–H and O–H groups in total. The fourth-order valence-corrected chi connectivity index (χ4v) is 3.66. The average molecular weight is 324 g/mol. The molecule has 2 heterocycles. The van der Waals surface area contributed by atoms with Crippen LogP contribution in [-0.4, -0.2) is 40.5 Å². The maximum Gasteiger partial charge on any atom is 0.176 e. The maximum atomic E-state index is 12.3. The molecule has 2 bridgehead atoms. The topological polar surface area (TPSA) is 40.5 Å². The predicted molar refractivity (Wildman–Crippen MR) is 77.2 cm³/mol. The average Bonchev–Trinajstić information content (AvgIpc) is 2.62. The molecule has 0 aliphatic carbocycles. The number of aliphatic hydroxyl groups is 1. The first-order valence-electron chi connectivity index (χ1n) is 6.86. The Balaban J connectivity index is 1.69. The number of carbonyl (C=O) groups is 1. The van der Waals surface area contributed by atoms with E-state index in [-0.39, 0.29) is 11.9 Å². The molecule has 2 saturated heterocycles. The van der Waals surface area contributed by atoms with Crippen molar-refractivity contribution in [3.8, 4) is 0 Å². The second-order valence-corrected chi connectivity index (χ2v) is 6.53. The van der Waals surface area contributed by atoms with E-state index in [2.05, 4.69) is 20.8 Å². The van der Waals surface area contributed by atoms with Gasteiger partial charge in [-0.05, 0) is 37.8 Å². The minimum Gasteiger partial charge on any atom is -0.393 e. The third kappa shape index (κ3) is 2.76. The Morgan fingerprint density at radius 3 is 2.37 bits per heavy atom. The number of aliphatic hydroxyl groups excluding tert-OH is 1. The number of piperidine rings is 1. The van der Waals surface area contributed by atoms with Gasteiger partial charge in [0.2, 0.25) is 0 Å². The van der Waals surface area contributed by atoms with E-state index in [0.29, 0.717) is 18.6 Å². The smallest absolute Gasteiger partial charge is 0.176 e. The lowest BCUT2D eigenvalue weighted by molar-refractivity contribution is 0.0344. The summed E-state index contributed by atoms with van der Waals surface area (Å²) in [5.41, 5.74) is 0.772. The van der Waals surface area contributed by atoms with Gasteiger partial charge in [0, 0.05) is 22.1 Å². The van der Waals surface area contributed by atoms with E-state index in [1.807, 2.05) is 24.3 Å². The summed E-state index contributed by atoms with van der Waals surface area (Å²) in [6.07, 6.45) is 3.72. The Bertz CT molecular complexity index is 460. The fourth-order valence-electron chi connectivity index (χ4n) is 3.40. The van der Waals surface area contributed by atoms with Crippen LogP contribution >= 0.6 is 15.9 Å². The van der Waals surface area contributed by atoms with E-state index in [1.165, 1.54) is 0 Å². The van der Waals surface area contributed by atoms with Crippen LogP contribution in [0.3, 0.4) is 0 Å². The third-order valence-electron chi connectivity index (χ3n) is 4.35. The van der Waals surface area contributed by atoms with Gasteiger partial charge in [-0.3, -0.25) is 9.69 Å². The SMILES string of the molecule is O=C(CN1C2CCC1CC(O)C2)c1ccc(Br)cc1. The number of ketones is 1. The van der Waals surface area contributed by atoms with Crippen molar-refractivity contribution in [3.05, 3.63) is 34.3 Å². The third-order valence-corrected chi connectivity index (χ3v) is 4.88. The van der Waals surface area contributed by atoms with Gasteiger partial charge in [0.05, 0.1) is 12.6 Å². The molecule has 1 aromatic carbocycles. The predicted octanol–water partition coefficient (Wildman–Crippen LogP) is 2.62. The van der Waals surface area contributed by atoms with Crippen LogP contribution in [-0.2, 0) is 0 Å². The summed E-state index contributed by atoms with van der Waals surface area (Å²) in [4.78, 5) is 14.6. The molecule has 3 nitrogen and oxygen atoms in total. The summed E-state index contributed by atoms with van der Waals surface area (Å²) >= 11 is 3.38. The van der Waals surface area contributed by atoms with Crippen LogP contribution in [0.15, 0.2) is 28.7 Å². The van der Waals surface area contributed by atoms with Crippen LogP contribution in [0.4, 0.5) is 0 Å². The zero-order chi connectivity index (χ0) is 13.4. The zero-order valence-corrected chi connectivity index (χ0v) is 12.3. The molecule has 2 aliphatic rings. The number of hydrogen-bond donors (Lipinski definition) is 1.